The summed E-state index contributed by atoms with van der Waals surface area (Å²) in [5, 5.41) is 0. The van der Waals surface area contributed by atoms with E-state index in [1.165, 1.54) is 64.2 Å². The van der Waals surface area contributed by atoms with E-state index in [1.54, 1.807) is 0 Å². The van der Waals surface area contributed by atoms with E-state index in [-0.39, 0.29) is 0 Å². The molecule has 0 saturated carbocycles. The van der Waals surface area contributed by atoms with Crippen LogP contribution in [0.1, 0.15) is 203 Å². The van der Waals surface area contributed by atoms with Crippen LogP contribution in [0.15, 0.2) is 0 Å². The summed E-state index contributed by atoms with van der Waals surface area (Å²) in [6.07, 6.45) is 13.3. The van der Waals surface area contributed by atoms with E-state index in [0.717, 1.165) is 0 Å². The summed E-state index contributed by atoms with van der Waals surface area (Å²) in [7, 11) is 0. The van der Waals surface area contributed by atoms with Crippen LogP contribution in [0.3, 0.4) is 0 Å². The number of hydrogen-bond acceptors (Lipinski definition) is 0. The smallest absolute Gasteiger partial charge is 0.0277 e. The van der Waals surface area contributed by atoms with Crippen molar-refractivity contribution in [3.63, 3.8) is 0 Å². The minimum absolute atomic E-state index is 0.322. The van der Waals surface area contributed by atoms with E-state index in [2.05, 4.69) is 138 Å². The Morgan fingerprint density at radius 2 is 0.385 bits per heavy atom. The Labute approximate surface area is 251 Å². The lowest BCUT2D eigenvalue weighted by atomic mass is 9.50. The summed E-state index contributed by atoms with van der Waals surface area (Å²) in [6.45, 7) is 50.0. The maximum Gasteiger partial charge on any atom is -0.0277 e. The lowest BCUT2D eigenvalue weighted by molar-refractivity contribution is -0.0432. The lowest BCUT2D eigenvalue weighted by Crippen LogP contribution is -2.44. The molecule has 0 radical (unpaired) electrons. The molecule has 0 heterocycles. The summed E-state index contributed by atoms with van der Waals surface area (Å²) < 4.78 is 0. The largest absolute Gasteiger partial charge is 0.0649 e. The van der Waals surface area contributed by atoms with Crippen molar-refractivity contribution >= 4 is 0 Å². The first-order valence-electron chi connectivity index (χ1n) is 16.8. The molecule has 0 N–H and O–H groups in total. The maximum absolute atomic E-state index is 2.54. The van der Waals surface area contributed by atoms with Crippen molar-refractivity contribution in [2.24, 2.45) is 48.7 Å². The second kappa shape index (κ2) is 12.7. The summed E-state index contributed by atoms with van der Waals surface area (Å²) in [4.78, 5) is 0. The van der Waals surface area contributed by atoms with Gasteiger partial charge < -0.3 is 0 Å². The third-order valence-electron chi connectivity index (χ3n) is 8.43. The van der Waals surface area contributed by atoms with Crippen LogP contribution in [0, 0.1) is 48.7 Å². The Hall–Kier alpha value is 0. The maximum atomic E-state index is 2.54. The van der Waals surface area contributed by atoms with Crippen LogP contribution in [0.4, 0.5) is 0 Å². The van der Waals surface area contributed by atoms with Gasteiger partial charge in [0.25, 0.3) is 0 Å². The molecular formula is C39H80. The van der Waals surface area contributed by atoms with E-state index in [9.17, 15) is 0 Å². The highest BCUT2D eigenvalue weighted by Gasteiger charge is 2.50. The Morgan fingerprint density at radius 3 is 0.487 bits per heavy atom. The highest BCUT2D eigenvalue weighted by atomic mass is 14.5. The predicted molar refractivity (Wildman–Crippen MR) is 182 cm³/mol. The second-order valence-electron chi connectivity index (χ2n) is 22.0. The van der Waals surface area contributed by atoms with Gasteiger partial charge >= 0.3 is 0 Å². The van der Waals surface area contributed by atoms with E-state index >= 15 is 0 Å². The summed E-state index contributed by atoms with van der Waals surface area (Å²) >= 11 is 0. The third kappa shape index (κ3) is 16.9. The van der Waals surface area contributed by atoms with Crippen molar-refractivity contribution in [2.75, 3.05) is 0 Å². The van der Waals surface area contributed by atoms with Crippen molar-refractivity contribution in [3.05, 3.63) is 0 Å². The molecule has 0 aromatic rings. The first-order valence-corrected chi connectivity index (χ1v) is 16.8. The van der Waals surface area contributed by atoms with Gasteiger partial charge in [-0.05, 0) is 100 Å². The molecular weight excluding hydrogens is 468 g/mol. The van der Waals surface area contributed by atoms with Gasteiger partial charge in [-0.3, -0.25) is 0 Å². The number of rotatable bonds is 12. The molecule has 0 fully saturated rings. The molecule has 0 amide bonds. The monoisotopic (exact) mass is 549 g/mol. The Bertz CT molecular complexity index is 559. The molecule has 0 aliphatic rings. The average Bonchev–Trinajstić information content (AvgIpc) is 2.50. The molecule has 0 spiro atoms. The zero-order chi connectivity index (χ0) is 31.6. The third-order valence-corrected chi connectivity index (χ3v) is 8.43. The standard InChI is InChI=1S/C39H80/c1-21-37(22-2,29-38(23-31(3,4)5,24-32(6,7)8)25-33(9,10)11)30-39(26-34(12,13)14,27-35(15,16)17)28-36(18,19)20/h21-30H2,1-20H3. The Kier molecular flexibility index (Phi) is 12.7. The Morgan fingerprint density at radius 1 is 0.231 bits per heavy atom. The molecule has 0 nitrogen and oxygen atoms in total. The van der Waals surface area contributed by atoms with Crippen molar-refractivity contribution in [2.45, 2.75) is 203 Å². The quantitative estimate of drug-likeness (QED) is 0.227. The van der Waals surface area contributed by atoms with Gasteiger partial charge in [-0.15, -0.1) is 0 Å². The van der Waals surface area contributed by atoms with Gasteiger partial charge in [-0.25, -0.2) is 0 Å². The van der Waals surface area contributed by atoms with E-state index in [1.807, 2.05) is 0 Å². The zero-order valence-corrected chi connectivity index (χ0v) is 31.6. The van der Waals surface area contributed by atoms with Crippen LogP contribution < -0.4 is 0 Å². The SMILES string of the molecule is CCC(CC)(CC(CC(C)(C)C)(CC(C)(C)C)CC(C)(C)C)CC(CC(C)(C)C)(CC(C)(C)C)CC(C)(C)C. The molecule has 0 unspecified atom stereocenters. The van der Waals surface area contributed by atoms with Gasteiger partial charge in [0.15, 0.2) is 0 Å². The minimum Gasteiger partial charge on any atom is -0.0649 e. The zero-order valence-electron chi connectivity index (χ0n) is 31.6. The van der Waals surface area contributed by atoms with Crippen molar-refractivity contribution in [1.29, 1.82) is 0 Å². The fourth-order valence-corrected chi connectivity index (χ4v) is 9.90. The molecule has 0 atom stereocenters. The summed E-state index contributed by atoms with van der Waals surface area (Å²) in [5.74, 6) is 0. The predicted octanol–water partition coefficient (Wildman–Crippen LogP) is 14.2. The summed E-state index contributed by atoms with van der Waals surface area (Å²) in [6, 6.07) is 0. The van der Waals surface area contributed by atoms with E-state index in [0.29, 0.717) is 48.7 Å². The van der Waals surface area contributed by atoms with Gasteiger partial charge in [0.05, 0.1) is 0 Å². The van der Waals surface area contributed by atoms with Crippen LogP contribution >= 0.6 is 0 Å². The first-order chi connectivity index (χ1) is 16.8. The van der Waals surface area contributed by atoms with Crippen molar-refractivity contribution in [1.82, 2.24) is 0 Å². The van der Waals surface area contributed by atoms with E-state index in [4.69, 9.17) is 0 Å². The van der Waals surface area contributed by atoms with Crippen molar-refractivity contribution < 1.29 is 0 Å². The first kappa shape index (κ1) is 39.0. The molecule has 0 aromatic heterocycles. The molecule has 39 heavy (non-hydrogen) atoms. The lowest BCUT2D eigenvalue weighted by Gasteiger charge is -2.55. The highest BCUT2D eigenvalue weighted by molar-refractivity contribution is 5.01. The van der Waals surface area contributed by atoms with Crippen LogP contribution in [0.2, 0.25) is 0 Å². The Balaban J connectivity index is 7.29. The van der Waals surface area contributed by atoms with Crippen LogP contribution in [-0.2, 0) is 0 Å². The van der Waals surface area contributed by atoms with Gasteiger partial charge in [0.2, 0.25) is 0 Å². The van der Waals surface area contributed by atoms with Gasteiger partial charge in [-0.1, -0.05) is 151 Å². The van der Waals surface area contributed by atoms with Crippen LogP contribution in [0.5, 0.6) is 0 Å². The second-order valence-corrected chi connectivity index (χ2v) is 22.0. The van der Waals surface area contributed by atoms with Gasteiger partial charge in [0.1, 0.15) is 0 Å². The molecule has 0 aromatic carbocycles. The molecule has 0 aliphatic heterocycles. The van der Waals surface area contributed by atoms with Crippen LogP contribution in [-0.4, -0.2) is 0 Å². The molecule has 0 heteroatoms. The highest BCUT2D eigenvalue weighted by Crippen LogP contribution is 2.61. The average molecular weight is 549 g/mol. The summed E-state index contributed by atoms with van der Waals surface area (Å²) in [5.41, 5.74) is 2.99. The van der Waals surface area contributed by atoms with Gasteiger partial charge in [0, 0.05) is 0 Å². The van der Waals surface area contributed by atoms with E-state index < -0.39 is 0 Å². The fourth-order valence-electron chi connectivity index (χ4n) is 9.90. The number of hydrogen-bond donors (Lipinski definition) is 0. The van der Waals surface area contributed by atoms with Gasteiger partial charge in [-0.2, -0.15) is 0 Å². The molecule has 0 rings (SSSR count). The minimum atomic E-state index is 0.322. The normalized spacial score (nSPS) is 15.7. The van der Waals surface area contributed by atoms with Crippen LogP contribution in [0.25, 0.3) is 0 Å². The molecule has 0 saturated heterocycles. The van der Waals surface area contributed by atoms with Crippen molar-refractivity contribution in [3.8, 4) is 0 Å². The topological polar surface area (TPSA) is 0 Å². The molecule has 0 bridgehead atoms. The molecule has 236 valence electrons. The molecule has 0 aliphatic carbocycles. The fraction of sp³-hybridized carbons (Fsp3) is 1.00.